The summed E-state index contributed by atoms with van der Waals surface area (Å²) in [5.74, 6) is 1.29. The first-order valence-electron chi connectivity index (χ1n) is 9.95. The first-order valence-corrected chi connectivity index (χ1v) is 9.95. The topological polar surface area (TPSA) is 35.5 Å². The van der Waals surface area contributed by atoms with E-state index in [2.05, 4.69) is 27.7 Å². The Morgan fingerprint density at radius 3 is 2.42 bits per heavy atom. The third-order valence-corrected chi connectivity index (χ3v) is 7.97. The molecule has 2 saturated carbocycles. The molecule has 0 bridgehead atoms. The highest BCUT2D eigenvalue weighted by atomic mass is 16.5. The Morgan fingerprint density at radius 2 is 1.71 bits per heavy atom. The first kappa shape index (κ1) is 18.2. The lowest BCUT2D eigenvalue weighted by atomic mass is 9.45. The second kappa shape index (κ2) is 6.30. The average Bonchev–Trinajstić information content (AvgIpc) is 2.48. The Morgan fingerprint density at radius 1 is 0.958 bits per heavy atom. The van der Waals surface area contributed by atoms with Gasteiger partial charge in [0.1, 0.15) is 0 Å². The van der Waals surface area contributed by atoms with Gasteiger partial charge < -0.3 is 9.47 Å². The molecule has 138 valence electrons. The fraction of sp³-hybridized carbons (Fsp3) is 0.952. The molecule has 0 unspecified atom stereocenters. The SMILES string of the molecule is COC(=O)[C@H]1CCO[C@]2(C)CC[C@@H]3C(C)(C)CCC[C@]3(C)[C@@H]2CC1. The van der Waals surface area contributed by atoms with E-state index in [-0.39, 0.29) is 17.5 Å². The number of methoxy groups -OCH3 is 1. The summed E-state index contributed by atoms with van der Waals surface area (Å²) in [4.78, 5) is 12.1. The molecule has 0 aromatic rings. The molecular weight excluding hydrogens is 300 g/mol. The van der Waals surface area contributed by atoms with Crippen LogP contribution >= 0.6 is 0 Å². The predicted octanol–water partition coefficient (Wildman–Crippen LogP) is 4.98. The molecule has 3 fully saturated rings. The Bertz CT molecular complexity index is 485. The minimum atomic E-state index is -0.0521. The smallest absolute Gasteiger partial charge is 0.308 e. The highest BCUT2D eigenvalue weighted by Crippen LogP contribution is 2.64. The quantitative estimate of drug-likeness (QED) is 0.634. The minimum absolute atomic E-state index is 0.0140. The summed E-state index contributed by atoms with van der Waals surface area (Å²) in [6, 6.07) is 0. The molecule has 2 aliphatic carbocycles. The van der Waals surface area contributed by atoms with Crippen molar-refractivity contribution >= 4 is 5.97 Å². The van der Waals surface area contributed by atoms with E-state index in [0.717, 1.165) is 25.2 Å². The Balaban J connectivity index is 1.88. The van der Waals surface area contributed by atoms with Gasteiger partial charge in [0.15, 0.2) is 0 Å². The molecule has 3 rings (SSSR count). The average molecular weight is 337 g/mol. The summed E-state index contributed by atoms with van der Waals surface area (Å²) in [5, 5.41) is 0. The van der Waals surface area contributed by atoms with Gasteiger partial charge in [-0.05, 0) is 74.5 Å². The first-order chi connectivity index (χ1) is 11.2. The standard InChI is InChI=1S/C21H36O3/c1-19(2)11-6-12-20(3)16(19)9-13-21(4)17(20)8-7-15(10-14-24-21)18(22)23-5/h15-17H,6-14H2,1-5H3/t15-,16-,17+,20+,21-/m1/s1. The van der Waals surface area contributed by atoms with Crippen LogP contribution in [0.15, 0.2) is 0 Å². The maximum atomic E-state index is 12.1. The lowest BCUT2D eigenvalue weighted by Gasteiger charge is -2.62. The molecule has 5 atom stereocenters. The molecule has 0 radical (unpaired) electrons. The molecule has 1 saturated heterocycles. The molecule has 3 nitrogen and oxygen atoms in total. The van der Waals surface area contributed by atoms with Crippen molar-refractivity contribution in [2.24, 2.45) is 28.6 Å². The molecule has 24 heavy (non-hydrogen) atoms. The number of hydrogen-bond acceptors (Lipinski definition) is 3. The maximum Gasteiger partial charge on any atom is 0.308 e. The van der Waals surface area contributed by atoms with E-state index < -0.39 is 0 Å². The number of carbonyl (C=O) groups is 1. The van der Waals surface area contributed by atoms with Gasteiger partial charge in [0, 0.05) is 6.61 Å². The van der Waals surface area contributed by atoms with Crippen molar-refractivity contribution < 1.29 is 14.3 Å². The molecule has 3 aliphatic rings. The largest absolute Gasteiger partial charge is 0.469 e. The van der Waals surface area contributed by atoms with Crippen LogP contribution in [0.1, 0.15) is 79.1 Å². The zero-order valence-corrected chi connectivity index (χ0v) is 16.3. The highest BCUT2D eigenvalue weighted by Gasteiger charge is 2.58. The number of fused-ring (bicyclic) bond motifs is 3. The zero-order chi connectivity index (χ0) is 17.6. The second-order valence-electron chi connectivity index (χ2n) is 9.74. The monoisotopic (exact) mass is 336 g/mol. The van der Waals surface area contributed by atoms with Crippen LogP contribution in [-0.4, -0.2) is 25.3 Å². The molecule has 0 amide bonds. The van der Waals surface area contributed by atoms with Gasteiger partial charge in [-0.15, -0.1) is 0 Å². The number of carbonyl (C=O) groups excluding carboxylic acids is 1. The van der Waals surface area contributed by atoms with E-state index in [4.69, 9.17) is 9.47 Å². The second-order valence-corrected chi connectivity index (χ2v) is 9.74. The Labute approximate surface area is 147 Å². The minimum Gasteiger partial charge on any atom is -0.469 e. The van der Waals surface area contributed by atoms with Crippen LogP contribution in [0.4, 0.5) is 0 Å². The zero-order valence-electron chi connectivity index (χ0n) is 16.3. The molecule has 0 aromatic heterocycles. The number of ether oxygens (including phenoxy) is 2. The van der Waals surface area contributed by atoms with Crippen molar-refractivity contribution in [1.29, 1.82) is 0 Å². The molecule has 0 spiro atoms. The van der Waals surface area contributed by atoms with Crippen molar-refractivity contribution in [1.82, 2.24) is 0 Å². The van der Waals surface area contributed by atoms with Crippen molar-refractivity contribution in [2.75, 3.05) is 13.7 Å². The lowest BCUT2D eigenvalue weighted by molar-refractivity contribution is -0.202. The summed E-state index contributed by atoms with van der Waals surface area (Å²) >= 11 is 0. The lowest BCUT2D eigenvalue weighted by Crippen LogP contribution is -2.59. The van der Waals surface area contributed by atoms with Crippen LogP contribution in [0.3, 0.4) is 0 Å². The molecular formula is C21H36O3. The van der Waals surface area contributed by atoms with Gasteiger partial charge in [0.25, 0.3) is 0 Å². The number of hydrogen-bond donors (Lipinski definition) is 0. The van der Waals surface area contributed by atoms with Gasteiger partial charge in [0.2, 0.25) is 0 Å². The van der Waals surface area contributed by atoms with E-state index in [1.54, 1.807) is 0 Å². The fourth-order valence-electron chi connectivity index (χ4n) is 6.76. The van der Waals surface area contributed by atoms with Crippen molar-refractivity contribution in [3.63, 3.8) is 0 Å². The maximum absolute atomic E-state index is 12.1. The van der Waals surface area contributed by atoms with Crippen LogP contribution in [0.5, 0.6) is 0 Å². The summed E-state index contributed by atoms with van der Waals surface area (Å²) < 4.78 is 11.5. The third-order valence-electron chi connectivity index (χ3n) is 7.97. The van der Waals surface area contributed by atoms with E-state index >= 15 is 0 Å². The fourth-order valence-corrected chi connectivity index (χ4v) is 6.76. The molecule has 0 aromatic carbocycles. The van der Waals surface area contributed by atoms with Gasteiger partial charge in [-0.3, -0.25) is 4.79 Å². The van der Waals surface area contributed by atoms with Gasteiger partial charge >= 0.3 is 5.97 Å². The summed E-state index contributed by atoms with van der Waals surface area (Å²) in [6.07, 6.45) is 9.31. The number of rotatable bonds is 1. The van der Waals surface area contributed by atoms with Crippen LogP contribution < -0.4 is 0 Å². The molecule has 3 heteroatoms. The van der Waals surface area contributed by atoms with Crippen molar-refractivity contribution in [3.05, 3.63) is 0 Å². The van der Waals surface area contributed by atoms with E-state index in [9.17, 15) is 4.79 Å². The Kier molecular flexibility index (Phi) is 4.79. The van der Waals surface area contributed by atoms with Crippen molar-refractivity contribution in [2.45, 2.75) is 84.7 Å². The molecule has 0 N–H and O–H groups in total. The summed E-state index contributed by atoms with van der Waals surface area (Å²) in [7, 11) is 1.51. The van der Waals surface area contributed by atoms with Crippen LogP contribution in [0.2, 0.25) is 0 Å². The van der Waals surface area contributed by atoms with E-state index in [1.807, 2.05) is 0 Å². The van der Waals surface area contributed by atoms with E-state index in [1.165, 1.54) is 39.2 Å². The van der Waals surface area contributed by atoms with Gasteiger partial charge in [0.05, 0.1) is 18.6 Å². The summed E-state index contributed by atoms with van der Waals surface area (Å²) in [5.41, 5.74) is 0.755. The summed E-state index contributed by atoms with van der Waals surface area (Å²) in [6.45, 7) is 10.5. The van der Waals surface area contributed by atoms with Gasteiger partial charge in [-0.2, -0.15) is 0 Å². The van der Waals surface area contributed by atoms with E-state index in [0.29, 0.717) is 23.4 Å². The number of esters is 1. The Hall–Kier alpha value is -0.570. The molecule has 1 aliphatic heterocycles. The van der Waals surface area contributed by atoms with Crippen LogP contribution in [0, 0.1) is 28.6 Å². The van der Waals surface area contributed by atoms with Gasteiger partial charge in [-0.1, -0.05) is 27.2 Å². The van der Waals surface area contributed by atoms with Crippen LogP contribution in [0.25, 0.3) is 0 Å². The van der Waals surface area contributed by atoms with Crippen LogP contribution in [-0.2, 0) is 14.3 Å². The molecule has 1 heterocycles. The van der Waals surface area contributed by atoms with Gasteiger partial charge in [-0.25, -0.2) is 0 Å². The predicted molar refractivity (Wildman–Crippen MR) is 95.7 cm³/mol. The van der Waals surface area contributed by atoms with Crippen molar-refractivity contribution in [3.8, 4) is 0 Å². The highest BCUT2D eigenvalue weighted by molar-refractivity contribution is 5.72. The normalized spacial score (nSPS) is 45.3. The third kappa shape index (κ3) is 2.91.